The number of rotatable bonds is 4. The standard InChI is InChI=1S/C9H11N3O2/c10-8(13)3-5-12-9(14)7-2-1-4-11-6-7/h1-2,4,6H,3,5H2,(H2,10,13)(H,12,14). The van der Waals surface area contributed by atoms with Crippen LogP contribution in [0, 0.1) is 0 Å². The number of hydrogen-bond donors (Lipinski definition) is 2. The highest BCUT2D eigenvalue weighted by atomic mass is 16.2. The van der Waals surface area contributed by atoms with Crippen LogP contribution < -0.4 is 11.1 Å². The summed E-state index contributed by atoms with van der Waals surface area (Å²) in [6.45, 7) is 0.253. The Bertz CT molecular complexity index is 324. The minimum Gasteiger partial charge on any atom is -0.370 e. The minimum absolute atomic E-state index is 0.145. The van der Waals surface area contributed by atoms with Gasteiger partial charge in [0.05, 0.1) is 5.56 Å². The first-order chi connectivity index (χ1) is 6.70. The molecule has 0 atom stereocenters. The summed E-state index contributed by atoms with van der Waals surface area (Å²) in [5, 5.41) is 2.55. The minimum atomic E-state index is -0.434. The van der Waals surface area contributed by atoms with Crippen LogP contribution in [0.4, 0.5) is 0 Å². The zero-order valence-corrected chi connectivity index (χ0v) is 7.56. The summed E-state index contributed by atoms with van der Waals surface area (Å²) in [5.41, 5.74) is 5.38. The Morgan fingerprint density at radius 2 is 2.29 bits per heavy atom. The molecule has 0 spiro atoms. The van der Waals surface area contributed by atoms with Crippen molar-refractivity contribution >= 4 is 11.8 Å². The lowest BCUT2D eigenvalue weighted by molar-refractivity contribution is -0.117. The molecule has 0 saturated carbocycles. The van der Waals surface area contributed by atoms with E-state index in [1.54, 1.807) is 18.3 Å². The molecular formula is C9H11N3O2. The maximum absolute atomic E-state index is 11.3. The smallest absolute Gasteiger partial charge is 0.252 e. The molecule has 2 amide bonds. The number of nitrogens with zero attached hydrogens (tertiary/aromatic N) is 1. The van der Waals surface area contributed by atoms with Crippen LogP contribution in [0.2, 0.25) is 0 Å². The molecule has 1 rings (SSSR count). The molecule has 1 aromatic rings. The largest absolute Gasteiger partial charge is 0.370 e. The van der Waals surface area contributed by atoms with Gasteiger partial charge in [-0.3, -0.25) is 14.6 Å². The Morgan fingerprint density at radius 1 is 1.50 bits per heavy atom. The molecule has 5 heteroatoms. The highest BCUT2D eigenvalue weighted by molar-refractivity contribution is 5.94. The van der Waals surface area contributed by atoms with E-state index in [-0.39, 0.29) is 18.9 Å². The number of carbonyl (C=O) groups is 2. The van der Waals surface area contributed by atoms with Gasteiger partial charge in [-0.05, 0) is 12.1 Å². The molecule has 0 bridgehead atoms. The fourth-order valence-electron chi connectivity index (χ4n) is 0.898. The molecule has 3 N–H and O–H groups in total. The normalized spacial score (nSPS) is 9.43. The van der Waals surface area contributed by atoms with Crippen LogP contribution in [0.5, 0.6) is 0 Å². The van der Waals surface area contributed by atoms with E-state index in [2.05, 4.69) is 10.3 Å². The predicted octanol–water partition coefficient (Wildman–Crippen LogP) is -0.313. The Labute approximate surface area is 81.3 Å². The first-order valence-electron chi connectivity index (χ1n) is 4.16. The van der Waals surface area contributed by atoms with Crippen molar-refractivity contribution in [3.63, 3.8) is 0 Å². The van der Waals surface area contributed by atoms with Gasteiger partial charge in [-0.1, -0.05) is 0 Å². The molecule has 5 nitrogen and oxygen atoms in total. The lowest BCUT2D eigenvalue weighted by Crippen LogP contribution is -2.27. The van der Waals surface area contributed by atoms with Crippen LogP contribution in [0.1, 0.15) is 16.8 Å². The van der Waals surface area contributed by atoms with Crippen molar-refractivity contribution < 1.29 is 9.59 Å². The Morgan fingerprint density at radius 3 is 2.86 bits per heavy atom. The van der Waals surface area contributed by atoms with Gasteiger partial charge in [0.2, 0.25) is 5.91 Å². The number of aromatic nitrogens is 1. The van der Waals surface area contributed by atoms with Gasteiger partial charge >= 0.3 is 0 Å². The van der Waals surface area contributed by atoms with E-state index < -0.39 is 5.91 Å². The number of primary amides is 1. The summed E-state index contributed by atoms with van der Waals surface area (Å²) in [5.74, 6) is -0.684. The van der Waals surface area contributed by atoms with Crippen molar-refractivity contribution in [1.29, 1.82) is 0 Å². The van der Waals surface area contributed by atoms with Crippen LogP contribution in [0.15, 0.2) is 24.5 Å². The lowest BCUT2D eigenvalue weighted by Gasteiger charge is -2.02. The van der Waals surface area contributed by atoms with E-state index in [1.165, 1.54) is 6.20 Å². The molecule has 0 radical (unpaired) electrons. The Kier molecular flexibility index (Phi) is 3.60. The topological polar surface area (TPSA) is 85.1 Å². The van der Waals surface area contributed by atoms with E-state index >= 15 is 0 Å². The maximum Gasteiger partial charge on any atom is 0.252 e. The van der Waals surface area contributed by atoms with Gasteiger partial charge in [0, 0.05) is 25.4 Å². The maximum atomic E-state index is 11.3. The van der Waals surface area contributed by atoms with Gasteiger partial charge in [0.25, 0.3) is 5.91 Å². The number of carbonyl (C=O) groups excluding carboxylic acids is 2. The summed E-state index contributed by atoms with van der Waals surface area (Å²) < 4.78 is 0. The van der Waals surface area contributed by atoms with E-state index in [4.69, 9.17) is 5.73 Å². The third-order valence-corrected chi connectivity index (χ3v) is 1.58. The zero-order valence-electron chi connectivity index (χ0n) is 7.56. The average molecular weight is 193 g/mol. The highest BCUT2D eigenvalue weighted by Gasteiger charge is 2.04. The van der Waals surface area contributed by atoms with Gasteiger partial charge in [-0.2, -0.15) is 0 Å². The number of nitrogens with two attached hydrogens (primary N) is 1. The van der Waals surface area contributed by atoms with Crippen LogP contribution in [-0.4, -0.2) is 23.3 Å². The molecule has 0 aliphatic rings. The van der Waals surface area contributed by atoms with Crippen molar-refractivity contribution in [2.24, 2.45) is 5.73 Å². The zero-order chi connectivity index (χ0) is 10.4. The summed E-state index contributed by atoms with van der Waals surface area (Å²) in [6.07, 6.45) is 3.19. The second-order valence-electron chi connectivity index (χ2n) is 2.71. The predicted molar refractivity (Wildman–Crippen MR) is 50.4 cm³/mol. The van der Waals surface area contributed by atoms with E-state index in [0.29, 0.717) is 5.56 Å². The second kappa shape index (κ2) is 4.96. The Balaban J connectivity index is 2.40. The fraction of sp³-hybridized carbons (Fsp3) is 0.222. The molecule has 1 heterocycles. The fourth-order valence-corrected chi connectivity index (χ4v) is 0.898. The van der Waals surface area contributed by atoms with Gasteiger partial charge in [-0.15, -0.1) is 0 Å². The monoisotopic (exact) mass is 193 g/mol. The molecule has 0 unspecified atom stereocenters. The van der Waals surface area contributed by atoms with Gasteiger partial charge < -0.3 is 11.1 Å². The molecule has 1 aromatic heterocycles. The van der Waals surface area contributed by atoms with Crippen LogP contribution in [0.3, 0.4) is 0 Å². The summed E-state index contributed by atoms with van der Waals surface area (Å²) in [7, 11) is 0. The molecular weight excluding hydrogens is 182 g/mol. The number of hydrogen-bond acceptors (Lipinski definition) is 3. The van der Waals surface area contributed by atoms with Crippen molar-refractivity contribution in [1.82, 2.24) is 10.3 Å². The van der Waals surface area contributed by atoms with E-state index in [1.807, 2.05) is 0 Å². The van der Waals surface area contributed by atoms with Crippen LogP contribution >= 0.6 is 0 Å². The quantitative estimate of drug-likeness (QED) is 0.687. The molecule has 0 aliphatic heterocycles. The summed E-state index contributed by atoms with van der Waals surface area (Å²) in [4.78, 5) is 25.5. The van der Waals surface area contributed by atoms with Crippen LogP contribution in [-0.2, 0) is 4.79 Å². The third kappa shape index (κ3) is 3.22. The van der Waals surface area contributed by atoms with Gasteiger partial charge in [0.1, 0.15) is 0 Å². The van der Waals surface area contributed by atoms with Gasteiger partial charge in [0.15, 0.2) is 0 Å². The average Bonchev–Trinajstić information content (AvgIpc) is 2.18. The molecule has 0 fully saturated rings. The van der Waals surface area contributed by atoms with Crippen LogP contribution in [0.25, 0.3) is 0 Å². The summed E-state index contributed by atoms with van der Waals surface area (Å²) >= 11 is 0. The molecule has 14 heavy (non-hydrogen) atoms. The van der Waals surface area contributed by atoms with Crippen molar-refractivity contribution in [3.8, 4) is 0 Å². The second-order valence-corrected chi connectivity index (χ2v) is 2.71. The molecule has 0 aliphatic carbocycles. The van der Waals surface area contributed by atoms with E-state index in [0.717, 1.165) is 0 Å². The van der Waals surface area contributed by atoms with Crippen molar-refractivity contribution in [3.05, 3.63) is 30.1 Å². The van der Waals surface area contributed by atoms with E-state index in [9.17, 15) is 9.59 Å². The van der Waals surface area contributed by atoms with Crippen molar-refractivity contribution in [2.75, 3.05) is 6.54 Å². The number of amides is 2. The van der Waals surface area contributed by atoms with Crippen molar-refractivity contribution in [2.45, 2.75) is 6.42 Å². The number of nitrogens with one attached hydrogen (secondary N) is 1. The SMILES string of the molecule is NC(=O)CCNC(=O)c1cccnc1. The third-order valence-electron chi connectivity index (χ3n) is 1.58. The van der Waals surface area contributed by atoms with Gasteiger partial charge in [-0.25, -0.2) is 0 Å². The molecule has 74 valence electrons. The molecule has 0 aromatic carbocycles. The Hall–Kier alpha value is -1.91. The first kappa shape index (κ1) is 10.2. The lowest BCUT2D eigenvalue weighted by atomic mass is 10.2. The number of pyridine rings is 1. The highest BCUT2D eigenvalue weighted by Crippen LogP contribution is 1.94. The first-order valence-corrected chi connectivity index (χ1v) is 4.16. The molecule has 0 saturated heterocycles. The summed E-state index contributed by atoms with van der Waals surface area (Å²) in [6, 6.07) is 3.32.